The molecule has 2 aromatic rings. The van der Waals surface area contributed by atoms with Crippen LogP contribution in [-0.2, 0) is 6.42 Å². The van der Waals surface area contributed by atoms with Crippen LogP contribution in [0.1, 0.15) is 29.0 Å². The number of rotatable bonds is 1. The minimum atomic E-state index is -0.234. The SMILES string of the molecule is Cc1cc(N2CCc3sccc3C2C)c(N)cc1F. The van der Waals surface area contributed by atoms with Crippen molar-refractivity contribution in [2.75, 3.05) is 17.2 Å². The molecule has 2 N–H and O–H groups in total. The van der Waals surface area contributed by atoms with Gasteiger partial charge in [-0.25, -0.2) is 4.39 Å². The number of aryl methyl sites for hydroxylation is 1. The molecule has 100 valence electrons. The van der Waals surface area contributed by atoms with E-state index in [0.717, 1.165) is 18.7 Å². The molecule has 2 nitrogen and oxygen atoms in total. The second-order valence-electron chi connectivity index (χ2n) is 5.08. The third-order valence-electron chi connectivity index (χ3n) is 3.89. The summed E-state index contributed by atoms with van der Waals surface area (Å²) in [4.78, 5) is 3.73. The van der Waals surface area contributed by atoms with Gasteiger partial charge < -0.3 is 10.6 Å². The van der Waals surface area contributed by atoms with Crippen LogP contribution in [0.4, 0.5) is 15.8 Å². The Labute approximate surface area is 116 Å². The van der Waals surface area contributed by atoms with E-state index in [1.807, 2.05) is 17.4 Å². The van der Waals surface area contributed by atoms with Crippen molar-refractivity contribution in [3.63, 3.8) is 0 Å². The van der Waals surface area contributed by atoms with Gasteiger partial charge in [-0.05, 0) is 55.0 Å². The number of nitrogens with two attached hydrogens (primary N) is 1. The van der Waals surface area contributed by atoms with Gasteiger partial charge in [-0.1, -0.05) is 0 Å². The Kier molecular flexibility index (Phi) is 2.97. The van der Waals surface area contributed by atoms with Gasteiger partial charge in [-0.2, -0.15) is 0 Å². The van der Waals surface area contributed by atoms with Crippen LogP contribution in [0.2, 0.25) is 0 Å². The number of nitrogens with zero attached hydrogens (tertiary/aromatic N) is 1. The zero-order valence-electron chi connectivity index (χ0n) is 11.1. The maximum absolute atomic E-state index is 13.5. The zero-order chi connectivity index (χ0) is 13.6. The summed E-state index contributed by atoms with van der Waals surface area (Å²) in [6, 6.07) is 5.77. The fraction of sp³-hybridized carbons (Fsp3) is 0.333. The zero-order valence-corrected chi connectivity index (χ0v) is 11.9. The van der Waals surface area contributed by atoms with Crippen LogP contribution in [0.25, 0.3) is 0 Å². The molecule has 0 saturated carbocycles. The van der Waals surface area contributed by atoms with Crippen LogP contribution in [0.3, 0.4) is 0 Å². The molecule has 1 aliphatic rings. The molecule has 19 heavy (non-hydrogen) atoms. The van der Waals surface area contributed by atoms with E-state index in [4.69, 9.17) is 5.73 Å². The number of halogens is 1. The fourth-order valence-electron chi connectivity index (χ4n) is 2.77. The van der Waals surface area contributed by atoms with Gasteiger partial charge in [0.1, 0.15) is 5.82 Å². The Morgan fingerprint density at radius 2 is 2.21 bits per heavy atom. The average molecular weight is 276 g/mol. The lowest BCUT2D eigenvalue weighted by atomic mass is 10.00. The number of anilines is 2. The van der Waals surface area contributed by atoms with E-state index in [0.29, 0.717) is 17.3 Å². The Balaban J connectivity index is 2.02. The fourth-order valence-corrected chi connectivity index (χ4v) is 3.73. The first-order valence-corrected chi connectivity index (χ1v) is 7.34. The minimum Gasteiger partial charge on any atom is -0.397 e. The van der Waals surface area contributed by atoms with E-state index >= 15 is 0 Å². The van der Waals surface area contributed by atoms with E-state index in [-0.39, 0.29) is 5.82 Å². The molecular weight excluding hydrogens is 259 g/mol. The second kappa shape index (κ2) is 4.53. The van der Waals surface area contributed by atoms with Gasteiger partial charge in [0.25, 0.3) is 0 Å². The molecule has 0 saturated heterocycles. The molecule has 0 radical (unpaired) electrons. The minimum absolute atomic E-state index is 0.234. The molecular formula is C15H17FN2S. The van der Waals surface area contributed by atoms with Crippen LogP contribution in [-0.4, -0.2) is 6.54 Å². The van der Waals surface area contributed by atoms with Gasteiger partial charge in [0.2, 0.25) is 0 Å². The summed E-state index contributed by atoms with van der Waals surface area (Å²) < 4.78 is 13.5. The Morgan fingerprint density at radius 1 is 1.42 bits per heavy atom. The highest BCUT2D eigenvalue weighted by atomic mass is 32.1. The molecule has 0 bridgehead atoms. The first kappa shape index (κ1) is 12.5. The quantitative estimate of drug-likeness (QED) is 0.800. The monoisotopic (exact) mass is 276 g/mol. The van der Waals surface area contributed by atoms with E-state index in [9.17, 15) is 4.39 Å². The molecule has 0 aliphatic carbocycles. The predicted molar refractivity (Wildman–Crippen MR) is 79.3 cm³/mol. The van der Waals surface area contributed by atoms with Gasteiger partial charge in [0.05, 0.1) is 17.4 Å². The van der Waals surface area contributed by atoms with Gasteiger partial charge in [0.15, 0.2) is 0 Å². The first-order chi connectivity index (χ1) is 9.08. The Bertz CT molecular complexity index is 621. The van der Waals surface area contributed by atoms with Gasteiger partial charge in [-0.3, -0.25) is 0 Å². The molecule has 0 spiro atoms. The van der Waals surface area contributed by atoms with E-state index < -0.39 is 0 Å². The van der Waals surface area contributed by atoms with Crippen molar-refractivity contribution in [2.24, 2.45) is 0 Å². The lowest BCUT2D eigenvalue weighted by Gasteiger charge is -2.36. The van der Waals surface area contributed by atoms with Crippen LogP contribution < -0.4 is 10.6 Å². The lowest BCUT2D eigenvalue weighted by Crippen LogP contribution is -2.33. The summed E-state index contributed by atoms with van der Waals surface area (Å²) in [6.07, 6.45) is 1.03. The number of nitrogen functional groups attached to an aromatic ring is 1. The maximum Gasteiger partial charge on any atom is 0.128 e. The summed E-state index contributed by atoms with van der Waals surface area (Å²) in [5, 5.41) is 2.14. The second-order valence-corrected chi connectivity index (χ2v) is 6.08. The number of benzene rings is 1. The van der Waals surface area contributed by atoms with Crippen LogP contribution in [0.5, 0.6) is 0 Å². The molecule has 2 heterocycles. The highest BCUT2D eigenvalue weighted by Gasteiger charge is 2.26. The summed E-state index contributed by atoms with van der Waals surface area (Å²) >= 11 is 1.82. The number of hydrogen-bond donors (Lipinski definition) is 1. The molecule has 4 heteroatoms. The van der Waals surface area contributed by atoms with Crippen molar-refractivity contribution < 1.29 is 4.39 Å². The van der Waals surface area contributed by atoms with Crippen molar-refractivity contribution in [1.82, 2.24) is 0 Å². The van der Waals surface area contributed by atoms with Crippen molar-refractivity contribution in [1.29, 1.82) is 0 Å². The van der Waals surface area contributed by atoms with Crippen LogP contribution >= 0.6 is 11.3 Å². The highest BCUT2D eigenvalue weighted by Crippen LogP contribution is 2.38. The molecule has 0 amide bonds. The summed E-state index contributed by atoms with van der Waals surface area (Å²) in [7, 11) is 0. The normalized spacial score (nSPS) is 18.5. The van der Waals surface area contributed by atoms with Gasteiger partial charge in [0, 0.05) is 11.4 Å². The molecule has 0 fully saturated rings. The molecule has 1 aliphatic heterocycles. The van der Waals surface area contributed by atoms with Crippen molar-refractivity contribution in [2.45, 2.75) is 26.3 Å². The van der Waals surface area contributed by atoms with E-state index in [1.54, 1.807) is 6.92 Å². The van der Waals surface area contributed by atoms with Crippen molar-refractivity contribution in [3.05, 3.63) is 45.4 Å². The lowest BCUT2D eigenvalue weighted by molar-refractivity contribution is 0.613. The topological polar surface area (TPSA) is 29.3 Å². The van der Waals surface area contributed by atoms with E-state index in [2.05, 4.69) is 23.3 Å². The third-order valence-corrected chi connectivity index (χ3v) is 4.89. The van der Waals surface area contributed by atoms with Gasteiger partial charge >= 0.3 is 0 Å². The third kappa shape index (κ3) is 2.00. The van der Waals surface area contributed by atoms with E-state index in [1.165, 1.54) is 16.5 Å². The Hall–Kier alpha value is -1.55. The highest BCUT2D eigenvalue weighted by molar-refractivity contribution is 7.10. The smallest absolute Gasteiger partial charge is 0.128 e. The standard InChI is InChI=1S/C15H17FN2S/c1-9-7-14(13(17)8-12(9)16)18-5-3-15-11(10(18)2)4-6-19-15/h4,6-8,10H,3,5,17H2,1-2H3. The summed E-state index contributed by atoms with van der Waals surface area (Å²) in [6.45, 7) is 4.90. The van der Waals surface area contributed by atoms with Crippen LogP contribution in [0.15, 0.2) is 23.6 Å². The molecule has 3 rings (SSSR count). The van der Waals surface area contributed by atoms with Crippen LogP contribution in [0, 0.1) is 12.7 Å². The van der Waals surface area contributed by atoms with Gasteiger partial charge in [-0.15, -0.1) is 11.3 Å². The Morgan fingerprint density at radius 3 is 3.00 bits per heavy atom. The average Bonchev–Trinajstić information content (AvgIpc) is 2.84. The first-order valence-electron chi connectivity index (χ1n) is 6.46. The summed E-state index contributed by atoms with van der Waals surface area (Å²) in [5.74, 6) is -0.234. The summed E-state index contributed by atoms with van der Waals surface area (Å²) in [5.41, 5.74) is 9.49. The largest absolute Gasteiger partial charge is 0.397 e. The molecule has 1 unspecified atom stereocenters. The number of thiophene rings is 1. The molecule has 1 atom stereocenters. The van der Waals surface area contributed by atoms with Crippen molar-refractivity contribution in [3.8, 4) is 0 Å². The number of hydrogen-bond acceptors (Lipinski definition) is 3. The predicted octanol–water partition coefficient (Wildman–Crippen LogP) is 3.90. The maximum atomic E-state index is 13.5. The number of fused-ring (bicyclic) bond motifs is 1. The molecule has 1 aromatic carbocycles. The molecule has 1 aromatic heterocycles. The van der Waals surface area contributed by atoms with Crippen molar-refractivity contribution >= 4 is 22.7 Å².